The van der Waals surface area contributed by atoms with E-state index in [-0.39, 0.29) is 0 Å². The predicted molar refractivity (Wildman–Crippen MR) is 64.5 cm³/mol. The standard InChI is InChI=1S/C11H12BrClF2O/c1-2-5-16-9-4-3-7(6-8(9)12)10(13)11(14)15/h3-4,6,10-11H,2,5H2,1H3. The Morgan fingerprint density at radius 2 is 2.12 bits per heavy atom. The second-order valence-corrected chi connectivity index (χ2v) is 4.60. The molecule has 0 aromatic heterocycles. The highest BCUT2D eigenvalue weighted by atomic mass is 79.9. The molecule has 0 saturated heterocycles. The highest BCUT2D eigenvalue weighted by molar-refractivity contribution is 9.10. The summed E-state index contributed by atoms with van der Waals surface area (Å²) in [6.07, 6.45) is -1.68. The summed E-state index contributed by atoms with van der Waals surface area (Å²) in [5.74, 6) is 0.642. The highest BCUT2D eigenvalue weighted by Gasteiger charge is 2.20. The van der Waals surface area contributed by atoms with Crippen LogP contribution >= 0.6 is 27.5 Å². The molecule has 0 aliphatic heterocycles. The van der Waals surface area contributed by atoms with Gasteiger partial charge < -0.3 is 4.74 Å². The van der Waals surface area contributed by atoms with Crippen molar-refractivity contribution < 1.29 is 13.5 Å². The fourth-order valence-corrected chi connectivity index (χ4v) is 1.81. The van der Waals surface area contributed by atoms with Crippen LogP contribution in [0.3, 0.4) is 0 Å². The van der Waals surface area contributed by atoms with E-state index < -0.39 is 11.8 Å². The van der Waals surface area contributed by atoms with Crippen LogP contribution in [0.25, 0.3) is 0 Å². The fourth-order valence-electron chi connectivity index (χ4n) is 1.16. The number of alkyl halides is 3. The van der Waals surface area contributed by atoms with Crippen molar-refractivity contribution in [3.05, 3.63) is 28.2 Å². The normalized spacial score (nSPS) is 12.9. The Morgan fingerprint density at radius 1 is 1.44 bits per heavy atom. The van der Waals surface area contributed by atoms with E-state index in [1.165, 1.54) is 0 Å². The molecule has 0 bridgehead atoms. The third kappa shape index (κ3) is 3.59. The van der Waals surface area contributed by atoms with Gasteiger partial charge in [-0.2, -0.15) is 0 Å². The summed E-state index contributed by atoms with van der Waals surface area (Å²) < 4.78 is 30.8. The molecule has 0 spiro atoms. The van der Waals surface area contributed by atoms with Crippen LogP contribution in [0, 0.1) is 0 Å². The first kappa shape index (κ1) is 13.7. The van der Waals surface area contributed by atoms with E-state index in [0.29, 0.717) is 22.4 Å². The van der Waals surface area contributed by atoms with Crippen molar-refractivity contribution in [1.82, 2.24) is 0 Å². The monoisotopic (exact) mass is 312 g/mol. The Balaban J connectivity index is 2.82. The minimum Gasteiger partial charge on any atom is -0.492 e. The molecule has 0 radical (unpaired) electrons. The van der Waals surface area contributed by atoms with Gasteiger partial charge in [0.25, 0.3) is 6.43 Å². The molecule has 5 heteroatoms. The molecular weight excluding hydrogens is 301 g/mol. The zero-order valence-electron chi connectivity index (χ0n) is 8.72. The van der Waals surface area contributed by atoms with Crippen LogP contribution in [0.4, 0.5) is 8.78 Å². The SMILES string of the molecule is CCCOc1ccc(C(Cl)C(F)F)cc1Br. The molecule has 1 atom stereocenters. The molecule has 0 heterocycles. The average Bonchev–Trinajstić information content (AvgIpc) is 2.26. The van der Waals surface area contributed by atoms with Crippen LogP contribution in [-0.4, -0.2) is 13.0 Å². The Hall–Kier alpha value is -0.350. The molecule has 16 heavy (non-hydrogen) atoms. The maximum Gasteiger partial charge on any atom is 0.258 e. The van der Waals surface area contributed by atoms with E-state index in [1.54, 1.807) is 18.2 Å². The van der Waals surface area contributed by atoms with Gasteiger partial charge in [-0.25, -0.2) is 8.78 Å². The van der Waals surface area contributed by atoms with Crippen molar-refractivity contribution in [3.63, 3.8) is 0 Å². The van der Waals surface area contributed by atoms with E-state index in [1.807, 2.05) is 6.92 Å². The topological polar surface area (TPSA) is 9.23 Å². The summed E-state index contributed by atoms with van der Waals surface area (Å²) in [4.78, 5) is 0. The zero-order chi connectivity index (χ0) is 12.1. The number of hydrogen-bond acceptors (Lipinski definition) is 1. The first-order valence-corrected chi connectivity index (χ1v) is 6.13. The second kappa shape index (κ2) is 6.40. The molecule has 90 valence electrons. The molecule has 0 saturated carbocycles. The molecule has 0 aliphatic rings. The van der Waals surface area contributed by atoms with Gasteiger partial charge in [-0.15, -0.1) is 11.6 Å². The average molecular weight is 314 g/mol. The van der Waals surface area contributed by atoms with Crippen LogP contribution in [0.2, 0.25) is 0 Å². The molecular formula is C11H12BrClF2O. The Bertz CT molecular complexity index is 347. The lowest BCUT2D eigenvalue weighted by Crippen LogP contribution is -2.02. The van der Waals surface area contributed by atoms with Gasteiger partial charge in [0.1, 0.15) is 11.1 Å². The van der Waals surface area contributed by atoms with Gasteiger partial charge in [-0.05, 0) is 40.0 Å². The smallest absolute Gasteiger partial charge is 0.258 e. The number of rotatable bonds is 5. The summed E-state index contributed by atoms with van der Waals surface area (Å²) in [6.45, 7) is 2.59. The van der Waals surface area contributed by atoms with Gasteiger partial charge in [0.15, 0.2) is 0 Å². The van der Waals surface area contributed by atoms with Gasteiger partial charge in [-0.3, -0.25) is 0 Å². The molecule has 1 aromatic carbocycles. The molecule has 0 amide bonds. The van der Waals surface area contributed by atoms with Crippen LogP contribution < -0.4 is 4.74 Å². The van der Waals surface area contributed by atoms with E-state index in [9.17, 15) is 8.78 Å². The van der Waals surface area contributed by atoms with Gasteiger partial charge in [-0.1, -0.05) is 13.0 Å². The highest BCUT2D eigenvalue weighted by Crippen LogP contribution is 2.33. The van der Waals surface area contributed by atoms with Crippen LogP contribution in [0.1, 0.15) is 24.3 Å². The van der Waals surface area contributed by atoms with Crippen LogP contribution in [0.15, 0.2) is 22.7 Å². The second-order valence-electron chi connectivity index (χ2n) is 3.27. The Labute approximate surface area is 107 Å². The van der Waals surface area contributed by atoms with E-state index >= 15 is 0 Å². The van der Waals surface area contributed by atoms with Crippen LogP contribution in [-0.2, 0) is 0 Å². The van der Waals surface area contributed by atoms with Gasteiger partial charge in [0.2, 0.25) is 0 Å². The first-order chi connectivity index (χ1) is 7.56. The number of halogens is 4. The van der Waals surface area contributed by atoms with Crippen molar-refractivity contribution in [2.75, 3.05) is 6.61 Å². The quantitative estimate of drug-likeness (QED) is 0.711. The minimum absolute atomic E-state index is 0.382. The Kier molecular flexibility index (Phi) is 5.49. The lowest BCUT2D eigenvalue weighted by Gasteiger charge is -2.12. The zero-order valence-corrected chi connectivity index (χ0v) is 11.1. The van der Waals surface area contributed by atoms with E-state index in [2.05, 4.69) is 15.9 Å². The minimum atomic E-state index is -2.57. The van der Waals surface area contributed by atoms with Crippen molar-refractivity contribution in [2.45, 2.75) is 25.1 Å². The van der Waals surface area contributed by atoms with Crippen molar-refractivity contribution >= 4 is 27.5 Å². The summed E-state index contributed by atoms with van der Waals surface area (Å²) in [5.41, 5.74) is 0.382. The summed E-state index contributed by atoms with van der Waals surface area (Å²) >= 11 is 8.82. The lowest BCUT2D eigenvalue weighted by molar-refractivity contribution is 0.143. The first-order valence-electron chi connectivity index (χ1n) is 4.90. The molecule has 0 N–H and O–H groups in total. The van der Waals surface area contributed by atoms with E-state index in [0.717, 1.165) is 6.42 Å². The summed E-state index contributed by atoms with van der Waals surface area (Å²) in [7, 11) is 0. The van der Waals surface area contributed by atoms with Crippen LogP contribution in [0.5, 0.6) is 5.75 Å². The Morgan fingerprint density at radius 3 is 2.62 bits per heavy atom. The molecule has 0 aliphatic carbocycles. The third-order valence-corrected chi connectivity index (χ3v) is 3.02. The van der Waals surface area contributed by atoms with Crippen molar-refractivity contribution in [3.8, 4) is 5.75 Å². The predicted octanol–water partition coefficient (Wildman–Crippen LogP) is 4.78. The summed E-state index contributed by atoms with van der Waals surface area (Å²) in [6, 6.07) is 4.77. The molecule has 0 fully saturated rings. The maximum absolute atomic E-state index is 12.4. The van der Waals surface area contributed by atoms with Gasteiger partial charge in [0.05, 0.1) is 11.1 Å². The maximum atomic E-state index is 12.4. The molecule has 1 aromatic rings. The largest absolute Gasteiger partial charge is 0.492 e. The molecule has 1 rings (SSSR count). The van der Waals surface area contributed by atoms with E-state index in [4.69, 9.17) is 16.3 Å². The van der Waals surface area contributed by atoms with Crippen molar-refractivity contribution in [2.24, 2.45) is 0 Å². The number of ether oxygens (including phenoxy) is 1. The summed E-state index contributed by atoms with van der Waals surface area (Å²) in [5, 5.41) is -1.28. The third-order valence-electron chi connectivity index (χ3n) is 1.96. The molecule has 1 nitrogen and oxygen atoms in total. The number of hydrogen-bond donors (Lipinski definition) is 0. The lowest BCUT2D eigenvalue weighted by atomic mass is 10.1. The van der Waals surface area contributed by atoms with Gasteiger partial charge in [0, 0.05) is 0 Å². The molecule has 1 unspecified atom stereocenters. The fraction of sp³-hybridized carbons (Fsp3) is 0.455. The van der Waals surface area contributed by atoms with Gasteiger partial charge >= 0.3 is 0 Å². The number of benzene rings is 1. The van der Waals surface area contributed by atoms with Crippen molar-refractivity contribution in [1.29, 1.82) is 0 Å².